The number of carbonyl (C=O) groups is 3. The Hall–Kier alpha value is -3.10. The first kappa shape index (κ1) is 28.9. The number of hydrogen-bond donors (Lipinski definition) is 3. The first-order valence-electron chi connectivity index (χ1n) is 11.1. The standard InChI is InChI=1S/C25H34N4O4.ClH/c1-4-10-21(25(32)33-3)28-24(31)20(12-8-9-14-26)27-23(30)16-18-17-29(15-5-2)22-13-7-6-11-19(18)22;/h4-7,11,13,17,20-21H,1-2,8-10,12,14-16,26H2,3H3,(H,27,30)(H,28,31);1H/t20-,21+;/m1./s1. The fourth-order valence-electron chi connectivity index (χ4n) is 3.73. The minimum atomic E-state index is -0.856. The second-order valence-electron chi connectivity index (χ2n) is 7.80. The fraction of sp³-hybridized carbons (Fsp3) is 0.400. The van der Waals surface area contributed by atoms with Gasteiger partial charge in [-0.05, 0) is 43.9 Å². The van der Waals surface area contributed by atoms with Crippen LogP contribution in [0.2, 0.25) is 0 Å². The molecule has 0 radical (unpaired) electrons. The van der Waals surface area contributed by atoms with Crippen LogP contribution in [0.3, 0.4) is 0 Å². The lowest BCUT2D eigenvalue weighted by Crippen LogP contribution is -2.52. The van der Waals surface area contributed by atoms with E-state index >= 15 is 0 Å². The highest BCUT2D eigenvalue weighted by molar-refractivity contribution is 5.93. The van der Waals surface area contributed by atoms with Crippen molar-refractivity contribution >= 4 is 41.1 Å². The summed E-state index contributed by atoms with van der Waals surface area (Å²) in [5.41, 5.74) is 7.46. The Morgan fingerprint density at radius 3 is 2.50 bits per heavy atom. The number of esters is 1. The molecule has 1 heterocycles. The summed E-state index contributed by atoms with van der Waals surface area (Å²) < 4.78 is 6.79. The summed E-state index contributed by atoms with van der Waals surface area (Å²) in [7, 11) is 1.26. The van der Waals surface area contributed by atoms with Gasteiger partial charge in [0.25, 0.3) is 0 Å². The van der Waals surface area contributed by atoms with Gasteiger partial charge in [0.15, 0.2) is 0 Å². The Morgan fingerprint density at radius 2 is 1.85 bits per heavy atom. The van der Waals surface area contributed by atoms with Crippen LogP contribution in [-0.2, 0) is 32.1 Å². The van der Waals surface area contributed by atoms with E-state index in [0.29, 0.717) is 25.9 Å². The quantitative estimate of drug-likeness (QED) is 0.214. The van der Waals surface area contributed by atoms with E-state index in [1.165, 1.54) is 13.2 Å². The number of carbonyl (C=O) groups excluding carboxylic acids is 3. The summed E-state index contributed by atoms with van der Waals surface area (Å²) in [5.74, 6) is -1.28. The van der Waals surface area contributed by atoms with E-state index in [4.69, 9.17) is 10.5 Å². The molecule has 0 unspecified atom stereocenters. The minimum absolute atomic E-state index is 0. The van der Waals surface area contributed by atoms with Crippen molar-refractivity contribution in [3.63, 3.8) is 0 Å². The van der Waals surface area contributed by atoms with Crippen molar-refractivity contribution in [1.29, 1.82) is 0 Å². The SMILES string of the molecule is C=CC[C@H](NC(=O)[C@@H](CCCCN)NC(=O)Cc1cn(CC=C)c2ccccc12)C(=O)OC.Cl. The zero-order chi connectivity index (χ0) is 24.2. The molecule has 2 rings (SSSR count). The van der Waals surface area contributed by atoms with E-state index in [1.54, 1.807) is 6.08 Å². The van der Waals surface area contributed by atoms with Crippen LogP contribution in [-0.4, -0.2) is 48.1 Å². The van der Waals surface area contributed by atoms with Crippen LogP contribution in [0.15, 0.2) is 55.8 Å². The van der Waals surface area contributed by atoms with Crippen LogP contribution in [0, 0.1) is 0 Å². The van der Waals surface area contributed by atoms with E-state index in [2.05, 4.69) is 23.8 Å². The summed E-state index contributed by atoms with van der Waals surface area (Å²) in [6.45, 7) is 8.53. The van der Waals surface area contributed by atoms with Crippen molar-refractivity contribution in [2.75, 3.05) is 13.7 Å². The van der Waals surface area contributed by atoms with E-state index < -0.39 is 24.0 Å². The van der Waals surface area contributed by atoms with Crippen LogP contribution in [0.4, 0.5) is 0 Å². The molecule has 4 N–H and O–H groups in total. The smallest absolute Gasteiger partial charge is 0.328 e. The maximum Gasteiger partial charge on any atom is 0.328 e. The number of hydrogen-bond acceptors (Lipinski definition) is 5. The fourth-order valence-corrected chi connectivity index (χ4v) is 3.73. The number of rotatable bonds is 14. The summed E-state index contributed by atoms with van der Waals surface area (Å²) in [5, 5.41) is 6.49. The lowest BCUT2D eigenvalue weighted by molar-refractivity contribution is -0.145. The molecule has 1 aromatic heterocycles. The van der Waals surface area contributed by atoms with Crippen molar-refractivity contribution in [2.24, 2.45) is 5.73 Å². The molecule has 0 saturated carbocycles. The number of fused-ring (bicyclic) bond motifs is 1. The van der Waals surface area contributed by atoms with Gasteiger partial charge in [0.1, 0.15) is 12.1 Å². The van der Waals surface area contributed by atoms with Gasteiger partial charge < -0.3 is 25.7 Å². The van der Waals surface area contributed by atoms with Crippen LogP contribution >= 0.6 is 12.4 Å². The number of nitrogens with zero attached hydrogens (tertiary/aromatic N) is 1. The highest BCUT2D eigenvalue weighted by Crippen LogP contribution is 2.22. The summed E-state index contributed by atoms with van der Waals surface area (Å²) >= 11 is 0. The Bertz CT molecular complexity index is 988. The summed E-state index contributed by atoms with van der Waals surface area (Å²) in [4.78, 5) is 37.8. The average molecular weight is 491 g/mol. The van der Waals surface area contributed by atoms with Gasteiger partial charge in [-0.25, -0.2) is 4.79 Å². The number of aromatic nitrogens is 1. The number of halogens is 1. The van der Waals surface area contributed by atoms with Gasteiger partial charge in [-0.2, -0.15) is 0 Å². The molecule has 2 aromatic rings. The van der Waals surface area contributed by atoms with Gasteiger partial charge in [0.05, 0.1) is 13.5 Å². The van der Waals surface area contributed by atoms with Crippen molar-refractivity contribution in [1.82, 2.24) is 15.2 Å². The highest BCUT2D eigenvalue weighted by Gasteiger charge is 2.26. The average Bonchev–Trinajstić information content (AvgIpc) is 3.15. The third-order valence-electron chi connectivity index (χ3n) is 5.35. The predicted molar refractivity (Wildman–Crippen MR) is 137 cm³/mol. The van der Waals surface area contributed by atoms with Crippen LogP contribution < -0.4 is 16.4 Å². The summed E-state index contributed by atoms with van der Waals surface area (Å²) in [6.07, 6.45) is 7.42. The van der Waals surface area contributed by atoms with E-state index in [0.717, 1.165) is 22.9 Å². The Labute approximate surface area is 207 Å². The monoisotopic (exact) mass is 490 g/mol. The normalized spacial score (nSPS) is 12.2. The van der Waals surface area contributed by atoms with Crippen molar-refractivity contribution in [3.05, 3.63) is 61.3 Å². The maximum atomic E-state index is 12.9. The number of allylic oxidation sites excluding steroid dienone is 1. The maximum absolute atomic E-state index is 12.9. The number of unbranched alkanes of at least 4 members (excludes halogenated alkanes) is 1. The van der Waals surface area contributed by atoms with Crippen molar-refractivity contribution in [3.8, 4) is 0 Å². The van der Waals surface area contributed by atoms with Gasteiger partial charge in [-0.15, -0.1) is 25.6 Å². The second kappa shape index (κ2) is 14.9. The first-order valence-corrected chi connectivity index (χ1v) is 11.1. The molecule has 9 heteroatoms. The molecule has 0 aliphatic carbocycles. The van der Waals surface area contributed by atoms with Crippen molar-refractivity contribution in [2.45, 2.75) is 50.7 Å². The van der Waals surface area contributed by atoms with Crippen LogP contribution in [0.1, 0.15) is 31.2 Å². The highest BCUT2D eigenvalue weighted by atomic mass is 35.5. The number of nitrogens with one attached hydrogen (secondary N) is 2. The number of amides is 2. The predicted octanol–water partition coefficient (Wildman–Crippen LogP) is 2.64. The molecular formula is C25H35ClN4O4. The molecule has 0 fully saturated rings. The molecular weight excluding hydrogens is 456 g/mol. The van der Waals surface area contributed by atoms with Crippen molar-refractivity contribution < 1.29 is 19.1 Å². The topological polar surface area (TPSA) is 115 Å². The molecule has 2 amide bonds. The zero-order valence-electron chi connectivity index (χ0n) is 19.6. The van der Waals surface area contributed by atoms with Gasteiger partial charge in [-0.1, -0.05) is 30.4 Å². The number of methoxy groups -OCH3 is 1. The Balaban J connectivity index is 0.00000578. The zero-order valence-corrected chi connectivity index (χ0v) is 20.4. The van der Waals surface area contributed by atoms with Crippen LogP contribution in [0.5, 0.6) is 0 Å². The summed E-state index contributed by atoms with van der Waals surface area (Å²) in [6, 6.07) is 6.20. The largest absolute Gasteiger partial charge is 0.467 e. The van der Waals surface area contributed by atoms with Gasteiger partial charge in [0, 0.05) is 23.6 Å². The lowest BCUT2D eigenvalue weighted by atomic mass is 10.1. The van der Waals surface area contributed by atoms with E-state index in [-0.39, 0.29) is 31.2 Å². The molecule has 0 spiro atoms. The Morgan fingerprint density at radius 1 is 1.12 bits per heavy atom. The Kier molecular flexibility index (Phi) is 12.7. The third-order valence-corrected chi connectivity index (χ3v) is 5.35. The molecule has 1 aromatic carbocycles. The minimum Gasteiger partial charge on any atom is -0.467 e. The molecule has 2 atom stereocenters. The van der Waals surface area contributed by atoms with E-state index in [9.17, 15) is 14.4 Å². The molecule has 0 saturated heterocycles. The third kappa shape index (κ3) is 8.04. The van der Waals surface area contributed by atoms with Gasteiger partial charge in [0.2, 0.25) is 11.8 Å². The number of benzene rings is 1. The second-order valence-corrected chi connectivity index (χ2v) is 7.80. The van der Waals surface area contributed by atoms with Gasteiger partial charge >= 0.3 is 5.97 Å². The van der Waals surface area contributed by atoms with E-state index in [1.807, 2.05) is 35.0 Å². The molecule has 34 heavy (non-hydrogen) atoms. The number of para-hydroxylation sites is 1. The molecule has 0 bridgehead atoms. The molecule has 0 aliphatic rings. The molecule has 0 aliphatic heterocycles. The first-order chi connectivity index (χ1) is 15.9. The molecule has 186 valence electrons. The number of ether oxygens (including phenoxy) is 1. The molecule has 8 nitrogen and oxygen atoms in total. The number of nitrogens with two attached hydrogens (primary N) is 1. The lowest BCUT2D eigenvalue weighted by Gasteiger charge is -2.21. The van der Waals surface area contributed by atoms with Gasteiger partial charge in [-0.3, -0.25) is 9.59 Å². The van der Waals surface area contributed by atoms with Crippen LogP contribution in [0.25, 0.3) is 10.9 Å².